The first kappa shape index (κ1) is 13.1. The lowest BCUT2D eigenvalue weighted by atomic mass is 10.0. The number of carbonyl (C=O) groups is 1. The first-order valence-electron chi connectivity index (χ1n) is 5.36. The predicted octanol–water partition coefficient (Wildman–Crippen LogP) is 2.99. The molecule has 1 heterocycles. The first-order valence-corrected chi connectivity index (χ1v) is 5.36. The van der Waals surface area contributed by atoms with E-state index in [9.17, 15) is 18.0 Å². The number of alkyl halides is 3. The Morgan fingerprint density at radius 2 is 2.05 bits per heavy atom. The number of carbonyl (C=O) groups excluding carboxylic acids is 1. The smallest absolute Gasteiger partial charge is 0.307 e. The van der Waals surface area contributed by atoms with E-state index in [1.54, 1.807) is 0 Å². The van der Waals surface area contributed by atoms with Crippen LogP contribution in [-0.2, 0) is 6.18 Å². The van der Waals surface area contributed by atoms with Gasteiger partial charge in [0.25, 0.3) is 5.91 Å². The molecule has 0 radical (unpaired) electrons. The van der Waals surface area contributed by atoms with Crippen LogP contribution in [0.1, 0.15) is 21.5 Å². The Labute approximate surface area is 106 Å². The zero-order valence-corrected chi connectivity index (χ0v) is 9.88. The number of aromatic nitrogens is 2. The van der Waals surface area contributed by atoms with Crippen LogP contribution in [-0.4, -0.2) is 16.1 Å². The van der Waals surface area contributed by atoms with Crippen LogP contribution < -0.4 is 5.32 Å². The van der Waals surface area contributed by atoms with Gasteiger partial charge in [-0.3, -0.25) is 9.89 Å². The molecule has 0 unspecified atom stereocenters. The van der Waals surface area contributed by atoms with Crippen LogP contribution >= 0.6 is 0 Å². The van der Waals surface area contributed by atoms with Crippen LogP contribution in [0.25, 0.3) is 0 Å². The maximum absolute atomic E-state index is 12.7. The van der Waals surface area contributed by atoms with Crippen LogP contribution in [0.5, 0.6) is 0 Å². The van der Waals surface area contributed by atoms with Gasteiger partial charge in [-0.15, -0.1) is 0 Å². The van der Waals surface area contributed by atoms with E-state index in [1.807, 2.05) is 0 Å². The van der Waals surface area contributed by atoms with Gasteiger partial charge in [-0.25, -0.2) is 0 Å². The molecule has 1 amide bonds. The van der Waals surface area contributed by atoms with Crippen molar-refractivity contribution in [2.75, 3.05) is 5.32 Å². The third kappa shape index (κ3) is 2.93. The second kappa shape index (κ2) is 4.75. The highest BCUT2D eigenvalue weighted by Gasteiger charge is 2.32. The van der Waals surface area contributed by atoms with E-state index >= 15 is 0 Å². The number of benzene rings is 1. The van der Waals surface area contributed by atoms with Crippen molar-refractivity contribution in [3.8, 4) is 0 Å². The molecular formula is C12H10F3N3O. The summed E-state index contributed by atoms with van der Waals surface area (Å²) < 4.78 is 38.2. The highest BCUT2D eigenvalue weighted by molar-refractivity contribution is 6.03. The van der Waals surface area contributed by atoms with Crippen LogP contribution in [0, 0.1) is 6.92 Å². The molecule has 7 heteroatoms. The van der Waals surface area contributed by atoms with E-state index in [2.05, 4.69) is 15.5 Å². The number of nitrogens with one attached hydrogen (secondary N) is 2. The largest absolute Gasteiger partial charge is 0.416 e. The van der Waals surface area contributed by atoms with Crippen molar-refractivity contribution in [1.82, 2.24) is 10.2 Å². The molecule has 2 aromatic rings. The molecule has 4 nitrogen and oxygen atoms in total. The van der Waals surface area contributed by atoms with Crippen molar-refractivity contribution in [2.45, 2.75) is 13.1 Å². The molecule has 1 aromatic heterocycles. The number of hydrogen-bond acceptors (Lipinski definition) is 2. The maximum Gasteiger partial charge on any atom is 0.416 e. The lowest BCUT2D eigenvalue weighted by molar-refractivity contribution is -0.138. The van der Waals surface area contributed by atoms with Crippen molar-refractivity contribution < 1.29 is 18.0 Å². The summed E-state index contributed by atoms with van der Waals surface area (Å²) in [5.41, 5.74) is -0.803. The molecule has 0 fully saturated rings. The molecule has 0 saturated carbocycles. The molecule has 0 atom stereocenters. The van der Waals surface area contributed by atoms with Crippen LogP contribution in [0.2, 0.25) is 0 Å². The second-order valence-electron chi connectivity index (χ2n) is 3.95. The number of rotatable bonds is 2. The molecule has 100 valence electrons. The summed E-state index contributed by atoms with van der Waals surface area (Å²) >= 11 is 0. The summed E-state index contributed by atoms with van der Waals surface area (Å²) in [6.07, 6.45) is -3.06. The number of anilines is 1. The van der Waals surface area contributed by atoms with E-state index in [0.717, 1.165) is 6.07 Å². The van der Waals surface area contributed by atoms with Crippen LogP contribution in [0.3, 0.4) is 0 Å². The third-order valence-corrected chi connectivity index (χ3v) is 2.55. The molecule has 2 rings (SSSR count). The van der Waals surface area contributed by atoms with Crippen molar-refractivity contribution in [2.24, 2.45) is 0 Å². The minimum absolute atomic E-state index is 0.0625. The fourth-order valence-corrected chi connectivity index (χ4v) is 1.59. The highest BCUT2D eigenvalue weighted by atomic mass is 19.4. The van der Waals surface area contributed by atoms with E-state index < -0.39 is 17.6 Å². The summed E-state index contributed by atoms with van der Waals surface area (Å²) in [7, 11) is 0. The Balaban J connectivity index is 2.28. The average molecular weight is 269 g/mol. The Morgan fingerprint density at radius 3 is 2.63 bits per heavy atom. The summed E-state index contributed by atoms with van der Waals surface area (Å²) in [6.45, 7) is 1.35. The average Bonchev–Trinajstić information content (AvgIpc) is 2.80. The van der Waals surface area contributed by atoms with Gasteiger partial charge in [0.2, 0.25) is 0 Å². The monoisotopic (exact) mass is 269 g/mol. The fourth-order valence-electron chi connectivity index (χ4n) is 1.59. The molecular weight excluding hydrogens is 259 g/mol. The van der Waals surface area contributed by atoms with Gasteiger partial charge in [-0.2, -0.15) is 18.3 Å². The number of halogens is 3. The molecule has 0 aliphatic rings. The first-order chi connectivity index (χ1) is 8.88. The Kier molecular flexibility index (Phi) is 3.28. The number of hydrogen-bond donors (Lipinski definition) is 2. The molecule has 0 bridgehead atoms. The lowest BCUT2D eigenvalue weighted by Crippen LogP contribution is -2.15. The maximum atomic E-state index is 12.7. The summed E-state index contributed by atoms with van der Waals surface area (Å²) in [4.78, 5) is 11.8. The number of aryl methyl sites for hydroxylation is 1. The van der Waals surface area contributed by atoms with Gasteiger partial charge in [-0.1, -0.05) is 6.07 Å². The van der Waals surface area contributed by atoms with Gasteiger partial charge in [0.05, 0.1) is 11.8 Å². The lowest BCUT2D eigenvalue weighted by Gasteiger charge is -2.11. The van der Waals surface area contributed by atoms with E-state index in [-0.39, 0.29) is 11.1 Å². The summed E-state index contributed by atoms with van der Waals surface area (Å²) in [6, 6.07) is 4.94. The fraction of sp³-hybridized carbons (Fsp3) is 0.167. The van der Waals surface area contributed by atoms with Crippen molar-refractivity contribution in [1.29, 1.82) is 0 Å². The standard InChI is InChI=1S/C12H10F3N3O/c1-7-2-3-8(6-9(7)12(13,14)15)11(19)17-10-4-5-16-18-10/h2-6H,1H3,(H2,16,17,18,19). The van der Waals surface area contributed by atoms with Gasteiger partial charge in [0, 0.05) is 11.6 Å². The molecule has 0 spiro atoms. The molecule has 0 aliphatic heterocycles. The summed E-state index contributed by atoms with van der Waals surface area (Å²) in [5, 5.41) is 8.52. The topological polar surface area (TPSA) is 57.8 Å². The molecule has 19 heavy (non-hydrogen) atoms. The van der Waals surface area contributed by atoms with E-state index in [0.29, 0.717) is 5.82 Å². The third-order valence-electron chi connectivity index (χ3n) is 2.55. The minimum Gasteiger partial charge on any atom is -0.307 e. The second-order valence-corrected chi connectivity index (χ2v) is 3.95. The molecule has 2 N–H and O–H groups in total. The van der Waals surface area contributed by atoms with Crippen molar-refractivity contribution in [3.63, 3.8) is 0 Å². The number of amides is 1. The molecule has 0 aliphatic carbocycles. The van der Waals surface area contributed by atoms with E-state index in [4.69, 9.17) is 0 Å². The quantitative estimate of drug-likeness (QED) is 0.880. The number of nitrogens with zero attached hydrogens (tertiary/aromatic N) is 1. The zero-order chi connectivity index (χ0) is 14.0. The Bertz CT molecular complexity index is 591. The molecule has 0 saturated heterocycles. The highest BCUT2D eigenvalue weighted by Crippen LogP contribution is 2.32. The number of aromatic amines is 1. The Morgan fingerprint density at radius 1 is 1.32 bits per heavy atom. The molecule has 1 aromatic carbocycles. The Hall–Kier alpha value is -2.31. The van der Waals surface area contributed by atoms with Crippen molar-refractivity contribution in [3.05, 3.63) is 47.2 Å². The summed E-state index contributed by atoms with van der Waals surface area (Å²) in [5.74, 6) is -0.311. The minimum atomic E-state index is -4.48. The SMILES string of the molecule is Cc1ccc(C(=O)Nc2ccn[nH]2)cc1C(F)(F)F. The van der Waals surface area contributed by atoms with Crippen LogP contribution in [0.15, 0.2) is 30.5 Å². The van der Waals surface area contributed by atoms with Gasteiger partial charge >= 0.3 is 6.18 Å². The van der Waals surface area contributed by atoms with Crippen molar-refractivity contribution >= 4 is 11.7 Å². The van der Waals surface area contributed by atoms with E-state index in [1.165, 1.54) is 31.3 Å². The normalized spacial score (nSPS) is 11.4. The zero-order valence-electron chi connectivity index (χ0n) is 9.88. The predicted molar refractivity (Wildman–Crippen MR) is 62.7 cm³/mol. The van der Waals surface area contributed by atoms with Crippen LogP contribution in [0.4, 0.5) is 19.0 Å². The number of H-pyrrole nitrogens is 1. The van der Waals surface area contributed by atoms with Gasteiger partial charge in [0.15, 0.2) is 0 Å². The van der Waals surface area contributed by atoms with Gasteiger partial charge in [-0.05, 0) is 24.6 Å². The van der Waals surface area contributed by atoms with Gasteiger partial charge < -0.3 is 5.32 Å². The van der Waals surface area contributed by atoms with Gasteiger partial charge in [0.1, 0.15) is 5.82 Å².